The molecule has 2 heterocycles. The third kappa shape index (κ3) is 2.82. The maximum absolute atomic E-state index is 4.26. The van der Waals surface area contributed by atoms with E-state index in [1.54, 1.807) is 0 Å². The largest absolute Gasteiger partial charge is 0.330 e. The Bertz CT molecular complexity index is 485. The Kier molecular flexibility index (Phi) is 3.48. The van der Waals surface area contributed by atoms with Crippen molar-refractivity contribution in [1.29, 1.82) is 0 Å². The van der Waals surface area contributed by atoms with Crippen molar-refractivity contribution in [3.8, 4) is 0 Å². The lowest BCUT2D eigenvalue weighted by atomic mass is 10.2. The Morgan fingerprint density at radius 3 is 3.17 bits per heavy atom. The zero-order valence-corrected chi connectivity index (χ0v) is 11.5. The second-order valence-electron chi connectivity index (χ2n) is 5.09. The number of hydrogen-bond donors (Lipinski definition) is 1. The number of nitrogens with zero attached hydrogens (tertiary/aromatic N) is 2. The number of rotatable bonds is 6. The summed E-state index contributed by atoms with van der Waals surface area (Å²) < 4.78 is 2.32. The maximum Gasteiger partial charge on any atom is 0.0951 e. The van der Waals surface area contributed by atoms with Crippen LogP contribution in [0.4, 0.5) is 0 Å². The number of imidazole rings is 1. The molecule has 1 N–H and O–H groups in total. The lowest BCUT2D eigenvalue weighted by Gasteiger charge is -2.14. The van der Waals surface area contributed by atoms with Crippen molar-refractivity contribution in [3.63, 3.8) is 0 Å². The molecular weight excluding hydrogens is 242 g/mol. The number of hydrogen-bond acceptors (Lipinski definition) is 3. The second kappa shape index (κ2) is 5.24. The number of nitrogens with one attached hydrogen (secondary N) is 1. The van der Waals surface area contributed by atoms with Crippen molar-refractivity contribution in [2.75, 3.05) is 0 Å². The van der Waals surface area contributed by atoms with Gasteiger partial charge in [0, 0.05) is 29.7 Å². The number of aromatic nitrogens is 2. The fourth-order valence-corrected chi connectivity index (χ4v) is 3.07. The first-order valence-corrected chi connectivity index (χ1v) is 7.47. The van der Waals surface area contributed by atoms with Gasteiger partial charge in [-0.15, -0.1) is 11.3 Å². The van der Waals surface area contributed by atoms with E-state index in [4.69, 9.17) is 0 Å². The van der Waals surface area contributed by atoms with Crippen LogP contribution in [-0.2, 0) is 13.0 Å². The van der Waals surface area contributed by atoms with Crippen LogP contribution in [0.5, 0.6) is 0 Å². The zero-order chi connectivity index (χ0) is 12.4. The van der Waals surface area contributed by atoms with Crippen molar-refractivity contribution < 1.29 is 0 Å². The summed E-state index contributed by atoms with van der Waals surface area (Å²) in [6, 6.07) is 5.55. The molecular formula is C14H19N3S. The molecule has 0 aromatic carbocycles. The molecule has 3 rings (SSSR count). The predicted octanol–water partition coefficient (Wildman–Crippen LogP) is 3.00. The van der Waals surface area contributed by atoms with E-state index in [0.717, 1.165) is 19.0 Å². The van der Waals surface area contributed by atoms with Gasteiger partial charge >= 0.3 is 0 Å². The molecule has 3 nitrogen and oxygen atoms in total. The fourth-order valence-electron chi connectivity index (χ4n) is 2.23. The minimum absolute atomic E-state index is 0.506. The van der Waals surface area contributed by atoms with Gasteiger partial charge in [-0.1, -0.05) is 6.07 Å². The van der Waals surface area contributed by atoms with Gasteiger partial charge in [0.1, 0.15) is 0 Å². The molecule has 1 unspecified atom stereocenters. The molecule has 2 aromatic heterocycles. The highest BCUT2D eigenvalue weighted by Gasteiger charge is 2.25. The van der Waals surface area contributed by atoms with E-state index in [1.807, 2.05) is 23.9 Å². The van der Waals surface area contributed by atoms with Crippen molar-refractivity contribution in [2.45, 2.75) is 44.8 Å². The second-order valence-corrected chi connectivity index (χ2v) is 6.12. The van der Waals surface area contributed by atoms with Crippen molar-refractivity contribution in [1.82, 2.24) is 14.9 Å². The van der Waals surface area contributed by atoms with E-state index in [2.05, 4.69) is 39.3 Å². The highest BCUT2D eigenvalue weighted by atomic mass is 32.1. The summed E-state index contributed by atoms with van der Waals surface area (Å²) in [5.41, 5.74) is 1.32. The van der Waals surface area contributed by atoms with E-state index in [9.17, 15) is 0 Å². The molecule has 0 saturated heterocycles. The van der Waals surface area contributed by atoms with E-state index >= 15 is 0 Å². The Balaban J connectivity index is 1.52. The molecule has 4 heteroatoms. The van der Waals surface area contributed by atoms with Crippen LogP contribution in [0.1, 0.15) is 36.4 Å². The van der Waals surface area contributed by atoms with Crippen molar-refractivity contribution >= 4 is 11.3 Å². The average molecular weight is 261 g/mol. The zero-order valence-electron chi connectivity index (χ0n) is 10.7. The first-order valence-electron chi connectivity index (χ1n) is 6.59. The van der Waals surface area contributed by atoms with E-state index < -0.39 is 0 Å². The highest BCUT2D eigenvalue weighted by Crippen LogP contribution is 2.35. The van der Waals surface area contributed by atoms with Crippen molar-refractivity contribution in [3.05, 3.63) is 40.6 Å². The smallest absolute Gasteiger partial charge is 0.0951 e. The van der Waals surface area contributed by atoms with E-state index in [1.165, 1.54) is 23.4 Å². The van der Waals surface area contributed by atoms with E-state index in [-0.39, 0.29) is 0 Å². The molecule has 1 saturated carbocycles. The Labute approximate surface area is 112 Å². The molecule has 0 bridgehead atoms. The van der Waals surface area contributed by atoms with E-state index in [0.29, 0.717) is 6.04 Å². The topological polar surface area (TPSA) is 29.9 Å². The lowest BCUT2D eigenvalue weighted by Crippen LogP contribution is -2.28. The Hall–Kier alpha value is -1.13. The molecule has 18 heavy (non-hydrogen) atoms. The van der Waals surface area contributed by atoms with Gasteiger partial charge in [-0.2, -0.15) is 0 Å². The molecule has 0 amide bonds. The summed E-state index contributed by atoms with van der Waals surface area (Å²) in [6.07, 6.45) is 7.69. The molecule has 0 aliphatic heterocycles. The maximum atomic E-state index is 4.26. The summed E-state index contributed by atoms with van der Waals surface area (Å²) in [6.45, 7) is 3.17. The lowest BCUT2D eigenvalue weighted by molar-refractivity contribution is 0.527. The van der Waals surface area contributed by atoms with Crippen LogP contribution in [0.25, 0.3) is 0 Å². The van der Waals surface area contributed by atoms with Gasteiger partial charge in [0.05, 0.1) is 12.0 Å². The van der Waals surface area contributed by atoms with Gasteiger partial charge in [-0.05, 0) is 37.6 Å². The summed E-state index contributed by atoms with van der Waals surface area (Å²) in [5, 5.41) is 5.74. The molecule has 96 valence electrons. The first-order chi connectivity index (χ1) is 8.83. The third-order valence-corrected chi connectivity index (χ3v) is 4.30. The standard InChI is InChI=1S/C14H19N3S/c1-11(7-14-3-2-6-18-14)16-9-13-8-15-10-17(13)12-4-5-12/h2-3,6,8,10-12,16H,4-5,7,9H2,1H3. The molecule has 2 aromatic rings. The highest BCUT2D eigenvalue weighted by molar-refractivity contribution is 7.09. The summed E-state index contributed by atoms with van der Waals surface area (Å²) in [4.78, 5) is 5.71. The van der Waals surface area contributed by atoms with Gasteiger partial charge in [-0.3, -0.25) is 0 Å². The SMILES string of the molecule is CC(Cc1cccs1)NCc1cncn1C1CC1. The third-order valence-electron chi connectivity index (χ3n) is 3.41. The fraction of sp³-hybridized carbons (Fsp3) is 0.500. The molecule has 0 spiro atoms. The van der Waals surface area contributed by atoms with Crippen LogP contribution in [-0.4, -0.2) is 15.6 Å². The average Bonchev–Trinajstić information content (AvgIpc) is 2.90. The summed E-state index contributed by atoms with van der Waals surface area (Å²) >= 11 is 1.84. The van der Waals surface area contributed by atoms with Crippen LogP contribution in [0, 0.1) is 0 Å². The summed E-state index contributed by atoms with van der Waals surface area (Å²) in [5.74, 6) is 0. The van der Waals surface area contributed by atoms with Crippen LogP contribution in [0.3, 0.4) is 0 Å². The first kappa shape index (κ1) is 11.9. The van der Waals surface area contributed by atoms with Crippen LogP contribution in [0.2, 0.25) is 0 Å². The van der Waals surface area contributed by atoms with Crippen molar-refractivity contribution in [2.24, 2.45) is 0 Å². The predicted molar refractivity (Wildman–Crippen MR) is 74.8 cm³/mol. The number of thiophene rings is 1. The molecule has 1 fully saturated rings. The van der Waals surface area contributed by atoms with Crippen LogP contribution < -0.4 is 5.32 Å². The Morgan fingerprint density at radius 2 is 2.44 bits per heavy atom. The monoisotopic (exact) mass is 261 g/mol. The van der Waals surface area contributed by atoms with Crippen LogP contribution >= 0.6 is 11.3 Å². The van der Waals surface area contributed by atoms with Gasteiger partial charge in [0.25, 0.3) is 0 Å². The normalized spacial score (nSPS) is 16.9. The van der Waals surface area contributed by atoms with Gasteiger partial charge in [0.2, 0.25) is 0 Å². The molecule has 0 radical (unpaired) electrons. The van der Waals surface area contributed by atoms with Gasteiger partial charge < -0.3 is 9.88 Å². The van der Waals surface area contributed by atoms with Gasteiger partial charge in [-0.25, -0.2) is 4.98 Å². The molecule has 1 aliphatic rings. The van der Waals surface area contributed by atoms with Gasteiger partial charge in [0.15, 0.2) is 0 Å². The minimum Gasteiger partial charge on any atom is -0.330 e. The minimum atomic E-state index is 0.506. The molecule has 1 aliphatic carbocycles. The Morgan fingerprint density at radius 1 is 1.56 bits per heavy atom. The quantitative estimate of drug-likeness (QED) is 0.866. The van der Waals surface area contributed by atoms with Crippen LogP contribution in [0.15, 0.2) is 30.0 Å². The summed E-state index contributed by atoms with van der Waals surface area (Å²) in [7, 11) is 0. The molecule has 1 atom stereocenters.